The molecule has 8 heteroatoms. The first-order valence-electron chi connectivity index (χ1n) is 8.66. The van der Waals surface area contributed by atoms with Gasteiger partial charge in [-0.25, -0.2) is 0 Å². The number of nitrogens with one attached hydrogen (secondary N) is 1. The SMILES string of the molecule is COc1cccc(NC(=O)/C(C#N)=C/c2ccc(OCc3noc(C)n3)cc2)c1. The van der Waals surface area contributed by atoms with Crippen LogP contribution < -0.4 is 14.8 Å². The highest BCUT2D eigenvalue weighted by molar-refractivity contribution is 6.09. The van der Waals surface area contributed by atoms with Crippen LogP contribution in [0.25, 0.3) is 6.08 Å². The summed E-state index contributed by atoms with van der Waals surface area (Å²) in [5, 5.41) is 15.8. The molecule has 1 amide bonds. The van der Waals surface area contributed by atoms with E-state index in [1.54, 1.807) is 55.5 Å². The number of methoxy groups -OCH3 is 1. The van der Waals surface area contributed by atoms with Crippen LogP contribution in [0.3, 0.4) is 0 Å². The topological polar surface area (TPSA) is 110 Å². The number of nitrogens with zero attached hydrogens (tertiary/aromatic N) is 3. The molecule has 1 aromatic heterocycles. The van der Waals surface area contributed by atoms with Crippen molar-refractivity contribution in [2.75, 3.05) is 12.4 Å². The number of rotatable bonds is 7. The minimum atomic E-state index is -0.506. The summed E-state index contributed by atoms with van der Waals surface area (Å²) < 4.78 is 15.6. The number of carbonyl (C=O) groups excluding carboxylic acids is 1. The van der Waals surface area contributed by atoms with Crippen molar-refractivity contribution in [3.8, 4) is 17.6 Å². The molecule has 0 aliphatic rings. The lowest BCUT2D eigenvalue weighted by molar-refractivity contribution is -0.112. The Kier molecular flexibility index (Phi) is 6.22. The molecule has 29 heavy (non-hydrogen) atoms. The van der Waals surface area contributed by atoms with E-state index in [1.165, 1.54) is 13.2 Å². The zero-order chi connectivity index (χ0) is 20.6. The minimum absolute atomic E-state index is 0.0243. The lowest BCUT2D eigenvalue weighted by atomic mass is 10.1. The van der Waals surface area contributed by atoms with Gasteiger partial charge in [-0.3, -0.25) is 4.79 Å². The number of ether oxygens (including phenoxy) is 2. The summed E-state index contributed by atoms with van der Waals surface area (Å²) >= 11 is 0. The van der Waals surface area contributed by atoms with Crippen molar-refractivity contribution >= 4 is 17.7 Å². The molecule has 0 saturated heterocycles. The summed E-state index contributed by atoms with van der Waals surface area (Å²) in [6.45, 7) is 1.88. The molecule has 0 spiro atoms. The van der Waals surface area contributed by atoms with Gasteiger partial charge in [-0.2, -0.15) is 10.2 Å². The molecule has 3 aromatic rings. The van der Waals surface area contributed by atoms with Crippen molar-refractivity contribution in [1.29, 1.82) is 5.26 Å². The quantitative estimate of drug-likeness (QED) is 0.485. The van der Waals surface area contributed by atoms with Crippen LogP contribution in [0.5, 0.6) is 11.5 Å². The Balaban J connectivity index is 1.64. The maximum atomic E-state index is 12.4. The van der Waals surface area contributed by atoms with E-state index in [4.69, 9.17) is 14.0 Å². The molecule has 0 saturated carbocycles. The van der Waals surface area contributed by atoms with E-state index in [2.05, 4.69) is 15.5 Å². The average Bonchev–Trinajstić information content (AvgIpc) is 3.16. The molecule has 0 aliphatic heterocycles. The van der Waals surface area contributed by atoms with Gasteiger partial charge in [0.05, 0.1) is 7.11 Å². The van der Waals surface area contributed by atoms with Gasteiger partial charge in [-0.05, 0) is 35.9 Å². The second-order valence-corrected chi connectivity index (χ2v) is 5.94. The predicted molar refractivity (Wildman–Crippen MR) is 105 cm³/mol. The normalized spacial score (nSPS) is 10.9. The molecule has 0 atom stereocenters. The predicted octanol–water partition coefficient (Wildman–Crippen LogP) is 3.51. The van der Waals surface area contributed by atoms with Crippen LogP contribution in [0.2, 0.25) is 0 Å². The summed E-state index contributed by atoms with van der Waals surface area (Å²) in [6, 6.07) is 15.8. The van der Waals surface area contributed by atoms with E-state index in [9.17, 15) is 10.1 Å². The summed E-state index contributed by atoms with van der Waals surface area (Å²) in [5.74, 6) is 1.63. The van der Waals surface area contributed by atoms with E-state index in [1.807, 2.05) is 6.07 Å². The fourth-order valence-electron chi connectivity index (χ4n) is 2.42. The molecule has 1 heterocycles. The van der Waals surface area contributed by atoms with Gasteiger partial charge >= 0.3 is 0 Å². The van der Waals surface area contributed by atoms with E-state index in [0.29, 0.717) is 34.5 Å². The molecule has 3 rings (SSSR count). The Bertz CT molecular complexity index is 1060. The number of aryl methyl sites for hydroxylation is 1. The third-order valence-electron chi connectivity index (χ3n) is 3.82. The largest absolute Gasteiger partial charge is 0.497 e. The van der Waals surface area contributed by atoms with Gasteiger partial charge in [0.2, 0.25) is 11.7 Å². The molecule has 0 fully saturated rings. The highest BCUT2D eigenvalue weighted by atomic mass is 16.5. The van der Waals surface area contributed by atoms with Crippen LogP contribution in [0.15, 0.2) is 58.6 Å². The van der Waals surface area contributed by atoms with Gasteiger partial charge in [-0.15, -0.1) is 0 Å². The second kappa shape index (κ2) is 9.19. The first-order valence-corrected chi connectivity index (χ1v) is 8.66. The van der Waals surface area contributed by atoms with Gasteiger partial charge < -0.3 is 19.3 Å². The van der Waals surface area contributed by atoms with Crippen LogP contribution in [-0.2, 0) is 11.4 Å². The highest BCUT2D eigenvalue weighted by Gasteiger charge is 2.10. The third-order valence-corrected chi connectivity index (χ3v) is 3.82. The van der Waals surface area contributed by atoms with Crippen molar-refractivity contribution in [1.82, 2.24) is 10.1 Å². The Labute approximate surface area is 167 Å². The molecule has 0 radical (unpaired) electrons. The number of amides is 1. The Morgan fingerprint density at radius 1 is 1.24 bits per heavy atom. The molecule has 8 nitrogen and oxygen atoms in total. The van der Waals surface area contributed by atoms with Crippen molar-refractivity contribution in [3.63, 3.8) is 0 Å². The standard InChI is InChI=1S/C21H18N4O4/c1-14-23-20(25-29-14)13-28-18-8-6-15(7-9-18)10-16(12-22)21(26)24-17-4-3-5-19(11-17)27-2/h3-11H,13H2,1-2H3,(H,24,26)/b16-10+. The Hall–Kier alpha value is -4.12. The molecule has 0 unspecified atom stereocenters. The van der Waals surface area contributed by atoms with Crippen molar-refractivity contribution in [2.45, 2.75) is 13.5 Å². The first-order chi connectivity index (χ1) is 14.1. The maximum absolute atomic E-state index is 12.4. The van der Waals surface area contributed by atoms with Crippen LogP contribution in [0, 0.1) is 18.3 Å². The summed E-state index contributed by atoms with van der Waals surface area (Å²) in [5.41, 5.74) is 1.20. The van der Waals surface area contributed by atoms with Crippen molar-refractivity contribution in [2.24, 2.45) is 0 Å². The molecule has 0 bridgehead atoms. The number of hydrogen-bond acceptors (Lipinski definition) is 7. The molecule has 1 N–H and O–H groups in total. The zero-order valence-corrected chi connectivity index (χ0v) is 15.9. The molecular formula is C21H18N4O4. The third kappa shape index (κ3) is 5.43. The Morgan fingerprint density at radius 3 is 2.69 bits per heavy atom. The highest BCUT2D eigenvalue weighted by Crippen LogP contribution is 2.19. The first kappa shape index (κ1) is 19.6. The number of carbonyl (C=O) groups is 1. The van der Waals surface area contributed by atoms with Crippen molar-refractivity contribution in [3.05, 3.63) is 71.4 Å². The minimum Gasteiger partial charge on any atom is -0.497 e. The van der Waals surface area contributed by atoms with Crippen LogP contribution >= 0.6 is 0 Å². The molecule has 146 valence electrons. The van der Waals surface area contributed by atoms with E-state index in [-0.39, 0.29) is 12.2 Å². The number of hydrogen-bond donors (Lipinski definition) is 1. The number of anilines is 1. The lowest BCUT2D eigenvalue weighted by Gasteiger charge is -2.07. The zero-order valence-electron chi connectivity index (χ0n) is 15.9. The maximum Gasteiger partial charge on any atom is 0.266 e. The van der Waals surface area contributed by atoms with Crippen molar-refractivity contribution < 1.29 is 18.8 Å². The monoisotopic (exact) mass is 390 g/mol. The summed E-state index contributed by atoms with van der Waals surface area (Å²) in [6.07, 6.45) is 1.50. The van der Waals surface area contributed by atoms with Gasteiger partial charge in [0.25, 0.3) is 5.91 Å². The summed E-state index contributed by atoms with van der Waals surface area (Å²) in [7, 11) is 1.54. The van der Waals surface area contributed by atoms with E-state index < -0.39 is 5.91 Å². The fourth-order valence-corrected chi connectivity index (χ4v) is 2.42. The number of benzene rings is 2. The van der Waals surface area contributed by atoms with Crippen LogP contribution in [0.4, 0.5) is 5.69 Å². The van der Waals surface area contributed by atoms with Gasteiger partial charge in [-0.1, -0.05) is 23.4 Å². The van der Waals surface area contributed by atoms with E-state index in [0.717, 1.165) is 0 Å². The van der Waals surface area contributed by atoms with E-state index >= 15 is 0 Å². The van der Waals surface area contributed by atoms with Gasteiger partial charge in [0, 0.05) is 18.7 Å². The fraction of sp³-hybridized carbons (Fsp3) is 0.143. The second-order valence-electron chi connectivity index (χ2n) is 5.94. The van der Waals surface area contributed by atoms with Crippen LogP contribution in [-0.4, -0.2) is 23.2 Å². The van der Waals surface area contributed by atoms with Gasteiger partial charge in [0.1, 0.15) is 23.1 Å². The molecule has 2 aromatic carbocycles. The summed E-state index contributed by atoms with van der Waals surface area (Å²) in [4.78, 5) is 16.4. The smallest absolute Gasteiger partial charge is 0.266 e. The van der Waals surface area contributed by atoms with Crippen LogP contribution in [0.1, 0.15) is 17.3 Å². The van der Waals surface area contributed by atoms with Gasteiger partial charge in [0.15, 0.2) is 6.61 Å². The molecular weight excluding hydrogens is 372 g/mol. The Morgan fingerprint density at radius 2 is 2.03 bits per heavy atom. The number of nitriles is 1. The average molecular weight is 390 g/mol. The molecule has 0 aliphatic carbocycles. The lowest BCUT2D eigenvalue weighted by Crippen LogP contribution is -2.13. The number of aromatic nitrogens is 2.